The molecule has 0 aliphatic carbocycles. The summed E-state index contributed by atoms with van der Waals surface area (Å²) < 4.78 is 13.8. The predicted octanol–water partition coefficient (Wildman–Crippen LogP) is 2.44. The highest BCUT2D eigenvalue weighted by molar-refractivity contribution is 9.10. The predicted molar refractivity (Wildman–Crippen MR) is 43.9 cm³/mol. The zero-order valence-corrected chi connectivity index (χ0v) is 7.89. The van der Waals surface area contributed by atoms with Gasteiger partial charge < -0.3 is 0 Å². The molecule has 1 aromatic heterocycles. The third-order valence-corrected chi connectivity index (χ3v) is 1.66. The van der Waals surface area contributed by atoms with Crippen molar-refractivity contribution in [3.05, 3.63) is 22.4 Å². The first-order valence-corrected chi connectivity index (χ1v) is 3.98. The minimum absolute atomic E-state index is 0.348. The molecule has 0 saturated carbocycles. The van der Waals surface area contributed by atoms with Crippen LogP contribution >= 0.6 is 15.9 Å². The third kappa shape index (κ3) is 2.22. The fraction of sp³-hybridized carbons (Fsp3) is 0.429. The van der Waals surface area contributed by atoms with Gasteiger partial charge in [-0.2, -0.15) is 5.10 Å². The van der Waals surface area contributed by atoms with Crippen molar-refractivity contribution in [1.29, 1.82) is 0 Å². The Hall–Kier alpha value is -0.510. The fourth-order valence-corrected chi connectivity index (χ4v) is 0.845. The van der Waals surface area contributed by atoms with Crippen LogP contribution in [0.2, 0.25) is 0 Å². The molecule has 0 unspecified atom stereocenters. The molecule has 0 bridgehead atoms. The number of nitrogens with zero attached hydrogens (tertiary/aromatic N) is 2. The molecule has 0 radical (unpaired) electrons. The van der Waals surface area contributed by atoms with Gasteiger partial charge in [-0.15, -0.1) is 5.10 Å². The summed E-state index contributed by atoms with van der Waals surface area (Å²) in [5.74, 6) is 0. The van der Waals surface area contributed by atoms with Crippen LogP contribution in [-0.4, -0.2) is 10.2 Å². The van der Waals surface area contributed by atoms with E-state index in [1.807, 2.05) is 0 Å². The van der Waals surface area contributed by atoms with Gasteiger partial charge in [0.15, 0.2) is 0 Å². The van der Waals surface area contributed by atoms with Crippen molar-refractivity contribution < 1.29 is 4.39 Å². The summed E-state index contributed by atoms with van der Waals surface area (Å²) >= 11 is 3.12. The molecule has 0 aliphatic heterocycles. The smallest absolute Gasteiger partial charge is 0.149 e. The van der Waals surface area contributed by atoms with E-state index in [9.17, 15) is 4.39 Å². The fourth-order valence-electron chi connectivity index (χ4n) is 0.633. The Morgan fingerprint density at radius 1 is 1.36 bits per heavy atom. The minimum Gasteiger partial charge on any atom is -0.238 e. The lowest BCUT2D eigenvalue weighted by Crippen LogP contribution is -2.11. The number of hydrogen-bond acceptors (Lipinski definition) is 2. The summed E-state index contributed by atoms with van der Waals surface area (Å²) in [7, 11) is 0. The van der Waals surface area contributed by atoms with E-state index in [-0.39, 0.29) is 0 Å². The molecule has 0 aromatic carbocycles. The van der Waals surface area contributed by atoms with Crippen molar-refractivity contribution in [1.82, 2.24) is 10.2 Å². The second-order valence-corrected chi connectivity index (χ2v) is 3.53. The summed E-state index contributed by atoms with van der Waals surface area (Å²) in [5.41, 5.74) is -1.06. The van der Waals surface area contributed by atoms with Crippen LogP contribution < -0.4 is 0 Å². The van der Waals surface area contributed by atoms with E-state index in [2.05, 4.69) is 26.1 Å². The van der Waals surface area contributed by atoms with E-state index in [0.29, 0.717) is 10.3 Å². The second kappa shape index (κ2) is 2.85. The number of alkyl halides is 1. The number of halogens is 2. The maximum Gasteiger partial charge on any atom is 0.149 e. The van der Waals surface area contributed by atoms with Crippen LogP contribution in [0.25, 0.3) is 0 Å². The molecular weight excluding hydrogens is 211 g/mol. The zero-order chi connectivity index (χ0) is 8.48. The van der Waals surface area contributed by atoms with Gasteiger partial charge in [0.2, 0.25) is 0 Å². The highest BCUT2D eigenvalue weighted by Crippen LogP contribution is 2.21. The van der Waals surface area contributed by atoms with Crippen molar-refractivity contribution in [2.24, 2.45) is 0 Å². The summed E-state index contributed by atoms with van der Waals surface area (Å²) in [6, 6.07) is 3.28. The van der Waals surface area contributed by atoms with Crippen molar-refractivity contribution in [3.63, 3.8) is 0 Å². The van der Waals surface area contributed by atoms with Gasteiger partial charge in [0.25, 0.3) is 0 Å². The van der Waals surface area contributed by atoms with E-state index < -0.39 is 5.67 Å². The first-order chi connectivity index (χ1) is 5.00. The van der Waals surface area contributed by atoms with Crippen molar-refractivity contribution in [3.8, 4) is 0 Å². The first-order valence-electron chi connectivity index (χ1n) is 3.19. The molecule has 0 aliphatic rings. The normalized spacial score (nSPS) is 11.6. The van der Waals surface area contributed by atoms with Crippen LogP contribution in [0.5, 0.6) is 0 Å². The molecule has 0 fully saturated rings. The highest BCUT2D eigenvalue weighted by atomic mass is 79.9. The van der Waals surface area contributed by atoms with E-state index >= 15 is 0 Å². The molecule has 0 N–H and O–H groups in total. The Morgan fingerprint density at radius 3 is 2.36 bits per heavy atom. The van der Waals surface area contributed by atoms with E-state index in [4.69, 9.17) is 0 Å². The van der Waals surface area contributed by atoms with E-state index in [0.717, 1.165) is 0 Å². The van der Waals surface area contributed by atoms with Crippen LogP contribution in [0.1, 0.15) is 19.5 Å². The maximum absolute atomic E-state index is 13.1. The van der Waals surface area contributed by atoms with E-state index in [1.165, 1.54) is 13.8 Å². The largest absolute Gasteiger partial charge is 0.238 e. The Kier molecular flexibility index (Phi) is 2.23. The second-order valence-electron chi connectivity index (χ2n) is 2.71. The lowest BCUT2D eigenvalue weighted by atomic mass is 10.1. The van der Waals surface area contributed by atoms with Crippen molar-refractivity contribution in [2.45, 2.75) is 19.5 Å². The molecule has 1 aromatic rings. The standard InChI is InChI=1S/C7H8BrFN2/c1-7(2,9)5-3-4-6(8)11-10-5/h3-4H,1-2H3. The molecule has 1 heterocycles. The van der Waals surface area contributed by atoms with E-state index in [1.54, 1.807) is 12.1 Å². The Labute approximate surface area is 73.0 Å². The van der Waals surface area contributed by atoms with Gasteiger partial charge in [-0.3, -0.25) is 0 Å². The van der Waals surface area contributed by atoms with Crippen molar-refractivity contribution >= 4 is 15.9 Å². The van der Waals surface area contributed by atoms with Gasteiger partial charge in [-0.05, 0) is 41.9 Å². The van der Waals surface area contributed by atoms with Crippen LogP contribution in [-0.2, 0) is 5.67 Å². The lowest BCUT2D eigenvalue weighted by molar-refractivity contribution is 0.212. The summed E-state index contributed by atoms with van der Waals surface area (Å²) in [5, 5.41) is 7.35. The monoisotopic (exact) mass is 218 g/mol. The first kappa shape index (κ1) is 8.59. The quantitative estimate of drug-likeness (QED) is 0.724. The Balaban J connectivity index is 2.99. The third-order valence-electron chi connectivity index (χ3n) is 1.24. The van der Waals surface area contributed by atoms with Gasteiger partial charge in [0.1, 0.15) is 10.3 Å². The van der Waals surface area contributed by atoms with Gasteiger partial charge in [-0.1, -0.05) is 0 Å². The Bertz CT molecular complexity index is 240. The van der Waals surface area contributed by atoms with Crippen LogP contribution in [0.3, 0.4) is 0 Å². The van der Waals surface area contributed by atoms with Gasteiger partial charge >= 0.3 is 0 Å². The van der Waals surface area contributed by atoms with Crippen LogP contribution in [0.15, 0.2) is 16.7 Å². The van der Waals surface area contributed by atoms with Crippen LogP contribution in [0.4, 0.5) is 4.39 Å². The van der Waals surface area contributed by atoms with Gasteiger partial charge in [-0.25, -0.2) is 4.39 Å². The van der Waals surface area contributed by atoms with Crippen LogP contribution in [0, 0.1) is 0 Å². The lowest BCUT2D eigenvalue weighted by Gasteiger charge is -2.11. The molecule has 0 amide bonds. The average molecular weight is 219 g/mol. The summed E-state index contributed by atoms with van der Waals surface area (Å²) in [6.07, 6.45) is 0. The van der Waals surface area contributed by atoms with Gasteiger partial charge in [0.05, 0.1) is 5.69 Å². The highest BCUT2D eigenvalue weighted by Gasteiger charge is 2.20. The minimum atomic E-state index is -1.41. The molecule has 60 valence electrons. The molecular formula is C7H8BrFN2. The van der Waals surface area contributed by atoms with Gasteiger partial charge in [0, 0.05) is 0 Å². The molecule has 2 nitrogen and oxygen atoms in total. The number of rotatable bonds is 1. The zero-order valence-electron chi connectivity index (χ0n) is 6.31. The Morgan fingerprint density at radius 2 is 2.00 bits per heavy atom. The molecule has 0 spiro atoms. The average Bonchev–Trinajstić information content (AvgIpc) is 1.86. The molecule has 0 saturated heterocycles. The molecule has 11 heavy (non-hydrogen) atoms. The molecule has 0 atom stereocenters. The molecule has 4 heteroatoms. The van der Waals surface area contributed by atoms with Crippen molar-refractivity contribution in [2.75, 3.05) is 0 Å². The number of aromatic nitrogens is 2. The topological polar surface area (TPSA) is 25.8 Å². The number of hydrogen-bond donors (Lipinski definition) is 0. The SMILES string of the molecule is CC(C)(F)c1ccc(Br)nn1. The summed E-state index contributed by atoms with van der Waals surface area (Å²) in [6.45, 7) is 2.90. The summed E-state index contributed by atoms with van der Waals surface area (Å²) in [4.78, 5) is 0. The maximum atomic E-state index is 13.1. The molecule has 1 rings (SSSR count).